The Labute approximate surface area is 166 Å². The average molecular weight is 403 g/mol. The van der Waals surface area contributed by atoms with Gasteiger partial charge in [0.1, 0.15) is 5.75 Å². The molecule has 2 aromatic carbocycles. The van der Waals surface area contributed by atoms with Crippen molar-refractivity contribution in [3.63, 3.8) is 0 Å². The fourth-order valence-electron chi connectivity index (χ4n) is 3.24. The zero-order valence-corrected chi connectivity index (χ0v) is 16.4. The molecule has 1 amide bonds. The third-order valence-electron chi connectivity index (χ3n) is 4.68. The maximum Gasteiger partial charge on any atom is 0.434 e. The van der Waals surface area contributed by atoms with E-state index < -0.39 is 23.3 Å². The molecule has 0 saturated carbocycles. The number of hydrogen-bond donors (Lipinski definition) is 1. The maximum atomic E-state index is 13.8. The third-order valence-corrected chi connectivity index (χ3v) is 4.68. The second-order valence-electron chi connectivity index (χ2n) is 6.65. The van der Waals surface area contributed by atoms with Crippen molar-refractivity contribution in [2.24, 2.45) is 0 Å². The monoisotopic (exact) mass is 403 g/mol. The second-order valence-corrected chi connectivity index (χ2v) is 6.65. The highest BCUT2D eigenvalue weighted by Gasteiger charge is 2.40. The number of nitrogens with zero attached hydrogens (tertiary/aromatic N) is 2. The fraction of sp³-hybridized carbons (Fsp3) is 0.238. The van der Waals surface area contributed by atoms with Gasteiger partial charge in [0.15, 0.2) is 5.69 Å². The first-order chi connectivity index (χ1) is 13.6. The van der Waals surface area contributed by atoms with Crippen molar-refractivity contribution in [2.45, 2.75) is 26.9 Å². The number of carbonyl (C=O) groups excluding carboxylic acids is 1. The zero-order chi connectivity index (χ0) is 21.3. The van der Waals surface area contributed by atoms with Gasteiger partial charge in [-0.05, 0) is 44.0 Å². The smallest absolute Gasteiger partial charge is 0.434 e. The zero-order valence-electron chi connectivity index (χ0n) is 16.4. The first-order valence-corrected chi connectivity index (χ1v) is 8.82. The van der Waals surface area contributed by atoms with Gasteiger partial charge in [-0.1, -0.05) is 24.3 Å². The van der Waals surface area contributed by atoms with Gasteiger partial charge in [0.05, 0.1) is 24.6 Å². The largest absolute Gasteiger partial charge is 0.496 e. The Morgan fingerprint density at radius 3 is 2.38 bits per heavy atom. The molecule has 1 heterocycles. The van der Waals surface area contributed by atoms with Crippen LogP contribution in [0, 0.1) is 20.8 Å². The first kappa shape index (κ1) is 20.4. The molecule has 1 N–H and O–H groups in total. The van der Waals surface area contributed by atoms with E-state index in [2.05, 4.69) is 10.4 Å². The van der Waals surface area contributed by atoms with Crippen LogP contribution in [0.1, 0.15) is 32.7 Å². The summed E-state index contributed by atoms with van der Waals surface area (Å²) in [4.78, 5) is 12.7. The summed E-state index contributed by atoms with van der Waals surface area (Å²) in [6.45, 7) is 5.24. The molecule has 0 aliphatic rings. The van der Waals surface area contributed by atoms with Gasteiger partial charge in [-0.15, -0.1) is 0 Å². The van der Waals surface area contributed by atoms with Gasteiger partial charge in [-0.3, -0.25) is 4.79 Å². The van der Waals surface area contributed by atoms with Crippen LogP contribution in [0.5, 0.6) is 5.75 Å². The maximum absolute atomic E-state index is 13.8. The number of ether oxygens (including phenoxy) is 1. The van der Waals surface area contributed by atoms with E-state index in [1.165, 1.54) is 13.2 Å². The van der Waals surface area contributed by atoms with Crippen LogP contribution in [-0.4, -0.2) is 22.8 Å². The van der Waals surface area contributed by atoms with Crippen molar-refractivity contribution in [1.29, 1.82) is 0 Å². The average Bonchev–Trinajstić information content (AvgIpc) is 3.10. The molecule has 0 radical (unpaired) electrons. The van der Waals surface area contributed by atoms with E-state index in [1.807, 2.05) is 6.92 Å². The number of anilines is 1. The van der Waals surface area contributed by atoms with Gasteiger partial charge in [-0.25, -0.2) is 4.68 Å². The van der Waals surface area contributed by atoms with E-state index in [0.717, 1.165) is 16.4 Å². The summed E-state index contributed by atoms with van der Waals surface area (Å²) in [5.41, 5.74) is 1.03. The molecule has 152 valence electrons. The van der Waals surface area contributed by atoms with Crippen LogP contribution in [0.25, 0.3) is 5.69 Å². The lowest BCUT2D eigenvalue weighted by Crippen LogP contribution is -2.21. The molecule has 0 fully saturated rings. The minimum Gasteiger partial charge on any atom is -0.496 e. The number of nitrogens with one attached hydrogen (secondary N) is 1. The molecule has 0 aliphatic heterocycles. The van der Waals surface area contributed by atoms with Crippen LogP contribution in [0.15, 0.2) is 42.6 Å². The predicted octanol–water partition coefficient (Wildman–Crippen LogP) is 5.08. The first-order valence-electron chi connectivity index (χ1n) is 8.82. The van der Waals surface area contributed by atoms with Crippen LogP contribution in [0.4, 0.5) is 18.9 Å². The van der Waals surface area contributed by atoms with Gasteiger partial charge < -0.3 is 10.1 Å². The lowest BCUT2D eigenvalue weighted by atomic mass is 10.1. The predicted molar refractivity (Wildman–Crippen MR) is 104 cm³/mol. The Hall–Kier alpha value is -3.29. The Morgan fingerprint density at radius 1 is 1.07 bits per heavy atom. The Balaban J connectivity index is 2.06. The minimum absolute atomic E-state index is 0.257. The van der Waals surface area contributed by atoms with Crippen LogP contribution >= 0.6 is 0 Å². The lowest BCUT2D eigenvalue weighted by molar-refractivity contribution is -0.143. The molecule has 0 aliphatic carbocycles. The number of rotatable bonds is 4. The van der Waals surface area contributed by atoms with Crippen molar-refractivity contribution >= 4 is 11.6 Å². The molecule has 29 heavy (non-hydrogen) atoms. The highest BCUT2D eigenvalue weighted by molar-refractivity contribution is 6.05. The Bertz CT molecular complexity index is 1070. The van der Waals surface area contributed by atoms with Crippen LogP contribution in [0.3, 0.4) is 0 Å². The molecule has 0 unspecified atom stereocenters. The standard InChI is InChI=1S/C21H20F3N3O2/c1-12-7-5-6-8-17(12)27-19(21(22,23)24)15(11-25-27)20(28)26-16-10-9-13(2)18(29-4)14(16)3/h5-11H,1-4H3,(H,26,28). The van der Waals surface area contributed by atoms with Crippen molar-refractivity contribution in [1.82, 2.24) is 9.78 Å². The summed E-state index contributed by atoms with van der Waals surface area (Å²) in [6, 6.07) is 9.89. The van der Waals surface area contributed by atoms with E-state index in [4.69, 9.17) is 4.74 Å². The van der Waals surface area contributed by atoms with Crippen LogP contribution in [-0.2, 0) is 6.18 Å². The number of halogens is 3. The van der Waals surface area contributed by atoms with Crippen molar-refractivity contribution in [3.8, 4) is 11.4 Å². The number of hydrogen-bond acceptors (Lipinski definition) is 3. The summed E-state index contributed by atoms with van der Waals surface area (Å²) < 4.78 is 47.6. The number of aromatic nitrogens is 2. The fourth-order valence-corrected chi connectivity index (χ4v) is 3.24. The van der Waals surface area contributed by atoms with E-state index in [9.17, 15) is 18.0 Å². The SMILES string of the molecule is COc1c(C)ccc(NC(=O)c2cnn(-c3ccccc3C)c2C(F)(F)F)c1C. The molecule has 3 rings (SSSR count). The highest BCUT2D eigenvalue weighted by atomic mass is 19.4. The number of aryl methyl sites for hydroxylation is 2. The molecule has 8 heteroatoms. The van der Waals surface area contributed by atoms with Gasteiger partial charge >= 0.3 is 6.18 Å². The molecular formula is C21H20F3N3O2. The van der Waals surface area contributed by atoms with Crippen molar-refractivity contribution in [2.75, 3.05) is 12.4 Å². The van der Waals surface area contributed by atoms with Gasteiger partial charge in [-0.2, -0.15) is 18.3 Å². The summed E-state index contributed by atoms with van der Waals surface area (Å²) in [6.07, 6.45) is -3.84. The molecule has 0 saturated heterocycles. The molecule has 3 aromatic rings. The van der Waals surface area contributed by atoms with Gasteiger partial charge in [0.2, 0.25) is 0 Å². The minimum atomic E-state index is -4.77. The molecule has 0 spiro atoms. The number of amides is 1. The van der Waals surface area contributed by atoms with Crippen molar-refractivity contribution < 1.29 is 22.7 Å². The quantitative estimate of drug-likeness (QED) is 0.661. The van der Waals surface area contributed by atoms with Gasteiger partial charge in [0.25, 0.3) is 5.91 Å². The summed E-state index contributed by atoms with van der Waals surface area (Å²) in [7, 11) is 1.49. The van der Waals surface area contributed by atoms with Gasteiger partial charge in [0, 0.05) is 11.3 Å². The van der Waals surface area contributed by atoms with E-state index >= 15 is 0 Å². The molecule has 0 bridgehead atoms. The van der Waals surface area contributed by atoms with E-state index in [-0.39, 0.29) is 5.69 Å². The number of para-hydroxylation sites is 1. The molecule has 0 atom stereocenters. The Morgan fingerprint density at radius 2 is 1.76 bits per heavy atom. The number of methoxy groups -OCH3 is 1. The molecular weight excluding hydrogens is 383 g/mol. The highest BCUT2D eigenvalue weighted by Crippen LogP contribution is 2.35. The van der Waals surface area contributed by atoms with E-state index in [0.29, 0.717) is 22.6 Å². The van der Waals surface area contributed by atoms with E-state index in [1.54, 1.807) is 44.2 Å². The number of benzene rings is 2. The summed E-state index contributed by atoms with van der Waals surface area (Å²) in [5, 5.41) is 6.41. The third kappa shape index (κ3) is 3.83. The Kier molecular flexibility index (Phi) is 5.37. The lowest BCUT2D eigenvalue weighted by Gasteiger charge is -2.16. The molecule has 1 aromatic heterocycles. The summed E-state index contributed by atoms with van der Waals surface area (Å²) in [5.74, 6) is -0.333. The summed E-state index contributed by atoms with van der Waals surface area (Å²) >= 11 is 0. The topological polar surface area (TPSA) is 56.1 Å². The number of carbonyl (C=O) groups is 1. The molecule has 5 nitrogen and oxygen atoms in total. The normalized spacial score (nSPS) is 11.4. The van der Waals surface area contributed by atoms with Crippen LogP contribution in [0.2, 0.25) is 0 Å². The van der Waals surface area contributed by atoms with Crippen molar-refractivity contribution in [3.05, 3.63) is 70.5 Å². The van der Waals surface area contributed by atoms with Crippen LogP contribution < -0.4 is 10.1 Å². The number of alkyl halides is 3. The second kappa shape index (κ2) is 7.62.